The van der Waals surface area contributed by atoms with Crippen LogP contribution in [0, 0.1) is 11.8 Å². The van der Waals surface area contributed by atoms with Crippen LogP contribution in [0.5, 0.6) is 0 Å². The van der Waals surface area contributed by atoms with Crippen molar-refractivity contribution < 1.29 is 19.0 Å². The summed E-state index contributed by atoms with van der Waals surface area (Å²) in [6, 6.07) is 0.0681. The summed E-state index contributed by atoms with van der Waals surface area (Å²) in [5.74, 6) is 1.03. The highest BCUT2D eigenvalue weighted by molar-refractivity contribution is 5.75. The Balaban J connectivity index is 2.01. The maximum Gasteiger partial charge on any atom is 0.302 e. The second kappa shape index (κ2) is 4.64. The molecule has 1 fully saturated rings. The molecule has 0 amide bonds. The molecular formula is C12H19NO4. The third-order valence-corrected chi connectivity index (χ3v) is 3.61. The van der Waals surface area contributed by atoms with Gasteiger partial charge in [0.25, 0.3) is 0 Å². The number of ether oxygens (including phenoxy) is 3. The first-order valence-corrected chi connectivity index (χ1v) is 5.99. The van der Waals surface area contributed by atoms with Gasteiger partial charge >= 0.3 is 5.97 Å². The zero-order chi connectivity index (χ0) is 12.6. The first-order valence-electron chi connectivity index (χ1n) is 5.99. The van der Waals surface area contributed by atoms with Crippen molar-refractivity contribution in [2.45, 2.75) is 46.1 Å². The summed E-state index contributed by atoms with van der Waals surface area (Å²) >= 11 is 0. The molecule has 0 aromatic carbocycles. The fourth-order valence-corrected chi connectivity index (χ4v) is 2.35. The Morgan fingerprint density at radius 3 is 2.76 bits per heavy atom. The highest BCUT2D eigenvalue weighted by Crippen LogP contribution is 2.36. The zero-order valence-corrected chi connectivity index (χ0v) is 10.7. The van der Waals surface area contributed by atoms with Gasteiger partial charge < -0.3 is 14.2 Å². The van der Waals surface area contributed by atoms with E-state index in [9.17, 15) is 4.79 Å². The van der Waals surface area contributed by atoms with Gasteiger partial charge in [-0.1, -0.05) is 13.8 Å². The summed E-state index contributed by atoms with van der Waals surface area (Å²) in [6.45, 7) is 7.75. The van der Waals surface area contributed by atoms with Crippen LogP contribution in [0.3, 0.4) is 0 Å². The van der Waals surface area contributed by atoms with Crippen molar-refractivity contribution in [2.75, 3.05) is 6.61 Å². The SMILES string of the molecule is CC(=O)OCC1O[C@@H]2OC(C)=NC2[C@@H](C)[C@H]1C. The average molecular weight is 241 g/mol. The molecule has 1 saturated heterocycles. The molecule has 2 heterocycles. The van der Waals surface area contributed by atoms with Crippen molar-refractivity contribution in [1.82, 2.24) is 0 Å². The molecule has 0 spiro atoms. The predicted octanol–water partition coefficient (Wildman–Crippen LogP) is 1.36. The van der Waals surface area contributed by atoms with E-state index >= 15 is 0 Å². The Bertz CT molecular complexity index is 341. The Labute approximate surface area is 101 Å². The van der Waals surface area contributed by atoms with Gasteiger partial charge in [0.1, 0.15) is 12.6 Å². The summed E-state index contributed by atoms with van der Waals surface area (Å²) in [6.07, 6.45) is -0.432. The van der Waals surface area contributed by atoms with Gasteiger partial charge in [0, 0.05) is 13.8 Å². The standard InChI is InChI=1S/C12H19NO4/c1-6-7(2)11-12(16-8(3)13-11)17-10(6)5-15-9(4)14/h6-7,10-12H,5H2,1-4H3/t6-,7+,10?,11?,12+/m1/s1. The summed E-state index contributed by atoms with van der Waals surface area (Å²) < 4.78 is 16.3. The fourth-order valence-electron chi connectivity index (χ4n) is 2.35. The van der Waals surface area contributed by atoms with Gasteiger partial charge in [-0.15, -0.1) is 0 Å². The molecule has 0 aromatic rings. The molecular weight excluding hydrogens is 222 g/mol. The smallest absolute Gasteiger partial charge is 0.302 e. The Kier molecular flexibility index (Phi) is 3.38. The lowest BCUT2D eigenvalue weighted by Gasteiger charge is -2.39. The number of carbonyl (C=O) groups excluding carboxylic acids is 1. The third-order valence-electron chi connectivity index (χ3n) is 3.61. The van der Waals surface area contributed by atoms with E-state index in [0.717, 1.165) is 0 Å². The molecule has 5 atom stereocenters. The topological polar surface area (TPSA) is 57.1 Å². The van der Waals surface area contributed by atoms with Crippen LogP contribution in [0.25, 0.3) is 0 Å². The van der Waals surface area contributed by atoms with E-state index in [1.807, 2.05) is 6.92 Å². The lowest BCUT2D eigenvalue weighted by Crippen LogP contribution is -2.49. The van der Waals surface area contributed by atoms with Crippen LogP contribution in [-0.2, 0) is 19.0 Å². The maximum absolute atomic E-state index is 10.8. The molecule has 0 aliphatic carbocycles. The largest absolute Gasteiger partial charge is 0.463 e. The second-order valence-corrected chi connectivity index (χ2v) is 4.82. The quantitative estimate of drug-likeness (QED) is 0.685. The predicted molar refractivity (Wildman–Crippen MR) is 61.6 cm³/mol. The average Bonchev–Trinajstić information content (AvgIpc) is 2.62. The number of nitrogens with zero attached hydrogens (tertiary/aromatic N) is 1. The van der Waals surface area contributed by atoms with Gasteiger partial charge in [0.15, 0.2) is 5.90 Å². The van der Waals surface area contributed by atoms with E-state index in [0.29, 0.717) is 11.8 Å². The van der Waals surface area contributed by atoms with E-state index < -0.39 is 0 Å². The van der Waals surface area contributed by atoms with Gasteiger partial charge in [0.2, 0.25) is 6.29 Å². The molecule has 5 heteroatoms. The first-order chi connectivity index (χ1) is 7.99. The van der Waals surface area contributed by atoms with Crippen molar-refractivity contribution >= 4 is 11.9 Å². The van der Waals surface area contributed by atoms with Crippen molar-refractivity contribution in [3.63, 3.8) is 0 Å². The van der Waals surface area contributed by atoms with Crippen LogP contribution in [0.4, 0.5) is 0 Å². The van der Waals surface area contributed by atoms with Crippen molar-refractivity contribution in [1.29, 1.82) is 0 Å². The number of aliphatic imine (C=N–C) groups is 1. The maximum atomic E-state index is 10.8. The molecule has 5 nitrogen and oxygen atoms in total. The Morgan fingerprint density at radius 1 is 1.41 bits per heavy atom. The van der Waals surface area contributed by atoms with Crippen LogP contribution in [0.1, 0.15) is 27.7 Å². The normalized spacial score (nSPS) is 40.2. The lowest BCUT2D eigenvalue weighted by atomic mass is 9.83. The molecule has 0 aromatic heterocycles. The molecule has 0 bridgehead atoms. The summed E-state index contributed by atoms with van der Waals surface area (Å²) in [5, 5.41) is 0. The summed E-state index contributed by atoms with van der Waals surface area (Å²) in [4.78, 5) is 15.3. The molecule has 2 aliphatic rings. The van der Waals surface area contributed by atoms with Gasteiger partial charge in [-0.25, -0.2) is 4.99 Å². The Morgan fingerprint density at radius 2 is 2.12 bits per heavy atom. The number of carbonyl (C=O) groups is 1. The first kappa shape index (κ1) is 12.4. The van der Waals surface area contributed by atoms with Crippen molar-refractivity contribution in [2.24, 2.45) is 16.8 Å². The molecule has 2 aliphatic heterocycles. The highest BCUT2D eigenvalue weighted by Gasteiger charge is 2.45. The van der Waals surface area contributed by atoms with E-state index in [1.165, 1.54) is 6.92 Å². The molecule has 0 radical (unpaired) electrons. The van der Waals surface area contributed by atoms with Crippen molar-refractivity contribution in [3.8, 4) is 0 Å². The summed E-state index contributed by atoms with van der Waals surface area (Å²) in [5.41, 5.74) is 0. The lowest BCUT2D eigenvalue weighted by molar-refractivity contribution is -0.202. The van der Waals surface area contributed by atoms with E-state index in [2.05, 4.69) is 18.8 Å². The molecule has 17 heavy (non-hydrogen) atoms. The van der Waals surface area contributed by atoms with Crippen LogP contribution in [0.15, 0.2) is 4.99 Å². The van der Waals surface area contributed by atoms with Crippen LogP contribution in [-0.4, -0.2) is 36.9 Å². The second-order valence-electron chi connectivity index (χ2n) is 4.82. The molecule has 2 rings (SSSR count). The van der Waals surface area contributed by atoms with Crippen LogP contribution < -0.4 is 0 Å². The van der Waals surface area contributed by atoms with Gasteiger partial charge in [0.05, 0.1) is 6.10 Å². The van der Waals surface area contributed by atoms with Gasteiger partial charge in [-0.05, 0) is 11.8 Å². The molecule has 96 valence electrons. The minimum atomic E-state index is -0.318. The number of hydrogen-bond acceptors (Lipinski definition) is 5. The highest BCUT2D eigenvalue weighted by atomic mass is 16.7. The minimum Gasteiger partial charge on any atom is -0.463 e. The van der Waals surface area contributed by atoms with Crippen LogP contribution in [0.2, 0.25) is 0 Å². The van der Waals surface area contributed by atoms with Crippen molar-refractivity contribution in [3.05, 3.63) is 0 Å². The van der Waals surface area contributed by atoms with Crippen LogP contribution >= 0.6 is 0 Å². The number of esters is 1. The number of fused-ring (bicyclic) bond motifs is 1. The van der Waals surface area contributed by atoms with E-state index in [-0.39, 0.29) is 36.9 Å². The van der Waals surface area contributed by atoms with Gasteiger partial charge in [-0.2, -0.15) is 0 Å². The number of rotatable bonds is 2. The molecule has 0 saturated carbocycles. The number of hydrogen-bond donors (Lipinski definition) is 0. The third kappa shape index (κ3) is 2.44. The summed E-state index contributed by atoms with van der Waals surface area (Å²) in [7, 11) is 0. The molecule has 2 unspecified atom stereocenters. The molecule has 0 N–H and O–H groups in total. The zero-order valence-electron chi connectivity index (χ0n) is 10.7. The van der Waals surface area contributed by atoms with E-state index in [1.54, 1.807) is 0 Å². The van der Waals surface area contributed by atoms with E-state index in [4.69, 9.17) is 14.2 Å². The fraction of sp³-hybridized carbons (Fsp3) is 0.833. The Hall–Kier alpha value is -1.10. The monoisotopic (exact) mass is 241 g/mol. The minimum absolute atomic E-state index is 0.0681. The van der Waals surface area contributed by atoms with Gasteiger partial charge in [-0.3, -0.25) is 4.79 Å².